The van der Waals surface area contributed by atoms with Crippen molar-refractivity contribution in [1.29, 1.82) is 0 Å². The van der Waals surface area contributed by atoms with Crippen LogP contribution >= 0.6 is 11.8 Å². The van der Waals surface area contributed by atoms with Gasteiger partial charge in [0.1, 0.15) is 11.4 Å². The highest BCUT2D eigenvalue weighted by atomic mass is 32.2. The molecule has 0 aromatic heterocycles. The van der Waals surface area contributed by atoms with E-state index in [0.29, 0.717) is 12.4 Å². The third kappa shape index (κ3) is 4.28. The molecule has 0 radical (unpaired) electrons. The molecule has 4 nitrogen and oxygen atoms in total. The zero-order valence-electron chi connectivity index (χ0n) is 14.0. The van der Waals surface area contributed by atoms with E-state index in [1.54, 1.807) is 16.7 Å². The molecule has 1 aromatic rings. The van der Waals surface area contributed by atoms with Crippen LogP contribution in [0, 0.1) is 5.92 Å². The van der Waals surface area contributed by atoms with Crippen LogP contribution in [0.15, 0.2) is 30.3 Å². The van der Waals surface area contributed by atoms with Crippen LogP contribution in [0.3, 0.4) is 0 Å². The van der Waals surface area contributed by atoms with Crippen molar-refractivity contribution in [3.05, 3.63) is 35.9 Å². The molecule has 1 amide bonds. The number of rotatable bonds is 6. The topological polar surface area (TPSA) is 46.6 Å². The van der Waals surface area contributed by atoms with Gasteiger partial charge in [0, 0.05) is 11.7 Å². The molecule has 0 unspecified atom stereocenters. The van der Waals surface area contributed by atoms with Gasteiger partial charge in [0.2, 0.25) is 5.91 Å². The van der Waals surface area contributed by atoms with Crippen LogP contribution in [-0.4, -0.2) is 35.2 Å². The van der Waals surface area contributed by atoms with E-state index in [9.17, 15) is 9.59 Å². The fourth-order valence-electron chi connectivity index (χ4n) is 2.54. The fraction of sp³-hybridized carbons (Fsp3) is 0.556. The summed E-state index contributed by atoms with van der Waals surface area (Å²) < 4.78 is 5.36. The van der Waals surface area contributed by atoms with Crippen LogP contribution in [0.25, 0.3) is 0 Å². The third-order valence-corrected chi connectivity index (χ3v) is 5.17. The third-order valence-electron chi connectivity index (χ3n) is 3.85. The lowest BCUT2D eigenvalue weighted by molar-refractivity contribution is -0.155. The summed E-state index contributed by atoms with van der Waals surface area (Å²) in [6.07, 6.45) is 1.83. The van der Waals surface area contributed by atoms with E-state index in [1.165, 1.54) is 0 Å². The summed E-state index contributed by atoms with van der Waals surface area (Å²) in [7, 11) is 0. The van der Waals surface area contributed by atoms with Gasteiger partial charge in [-0.1, -0.05) is 57.5 Å². The second-order valence-electron chi connectivity index (χ2n) is 6.03. The molecule has 0 aliphatic carbocycles. The number of carbonyl (C=O) groups is 2. The molecule has 1 aliphatic rings. The highest BCUT2D eigenvalue weighted by Gasteiger charge is 2.43. The molecule has 1 saturated heterocycles. The standard InChI is InChI=1S/C18H25NO3S/c1-4-5-11-22-18(21)15-12-23-17(14-9-7-6-8-10-14)19(15)16(20)13(2)3/h6-10,13,15,17H,4-5,11-12H2,1-3H3/t15-,17+/m0/s1. The van der Waals surface area contributed by atoms with E-state index in [1.807, 2.05) is 44.2 Å². The Morgan fingerprint density at radius 1 is 1.30 bits per heavy atom. The molecule has 1 aliphatic heterocycles. The summed E-state index contributed by atoms with van der Waals surface area (Å²) in [5.74, 6) is 0.161. The van der Waals surface area contributed by atoms with Crippen molar-refractivity contribution in [3.8, 4) is 0 Å². The van der Waals surface area contributed by atoms with Crippen molar-refractivity contribution in [3.63, 3.8) is 0 Å². The van der Waals surface area contributed by atoms with Gasteiger partial charge in [0.15, 0.2) is 0 Å². The van der Waals surface area contributed by atoms with Crippen LogP contribution in [0.2, 0.25) is 0 Å². The van der Waals surface area contributed by atoms with Gasteiger partial charge in [-0.25, -0.2) is 4.79 Å². The summed E-state index contributed by atoms with van der Waals surface area (Å²) in [5.41, 5.74) is 1.05. The molecular formula is C18H25NO3S. The molecule has 2 rings (SSSR count). The number of esters is 1. The first kappa shape index (κ1) is 17.9. The SMILES string of the molecule is CCCCOC(=O)[C@@H]1CS[C@H](c2ccccc2)N1C(=O)C(C)C. The molecule has 0 spiro atoms. The smallest absolute Gasteiger partial charge is 0.329 e. The first-order valence-corrected chi connectivity index (χ1v) is 9.26. The van der Waals surface area contributed by atoms with E-state index in [0.717, 1.165) is 18.4 Å². The van der Waals surface area contributed by atoms with Gasteiger partial charge in [0.25, 0.3) is 0 Å². The van der Waals surface area contributed by atoms with Crippen molar-refractivity contribution in [1.82, 2.24) is 4.90 Å². The first-order valence-electron chi connectivity index (χ1n) is 8.21. The van der Waals surface area contributed by atoms with Gasteiger partial charge >= 0.3 is 5.97 Å². The minimum absolute atomic E-state index is 0.00120. The van der Waals surface area contributed by atoms with Gasteiger partial charge < -0.3 is 9.64 Å². The van der Waals surface area contributed by atoms with Crippen molar-refractivity contribution in [2.45, 2.75) is 45.0 Å². The molecule has 126 valence electrons. The molecule has 23 heavy (non-hydrogen) atoms. The second kappa shape index (κ2) is 8.39. The quantitative estimate of drug-likeness (QED) is 0.588. The number of benzene rings is 1. The van der Waals surface area contributed by atoms with Crippen LogP contribution in [0.1, 0.15) is 44.6 Å². The zero-order chi connectivity index (χ0) is 16.8. The van der Waals surface area contributed by atoms with Gasteiger partial charge in [-0.3, -0.25) is 4.79 Å². The van der Waals surface area contributed by atoms with Crippen LogP contribution in [0.5, 0.6) is 0 Å². The molecule has 5 heteroatoms. The Morgan fingerprint density at radius 3 is 2.61 bits per heavy atom. The minimum atomic E-state index is -0.489. The second-order valence-corrected chi connectivity index (χ2v) is 7.15. The predicted molar refractivity (Wildman–Crippen MR) is 93.0 cm³/mol. The van der Waals surface area contributed by atoms with E-state index in [2.05, 4.69) is 6.92 Å². The molecule has 0 saturated carbocycles. The molecule has 1 fully saturated rings. The Balaban J connectivity index is 2.19. The summed E-state index contributed by atoms with van der Waals surface area (Å²) in [6, 6.07) is 9.39. The summed E-state index contributed by atoms with van der Waals surface area (Å²) in [5, 5.41) is -0.116. The van der Waals surface area contributed by atoms with Crippen molar-refractivity contribution in [2.24, 2.45) is 5.92 Å². The van der Waals surface area contributed by atoms with E-state index >= 15 is 0 Å². The van der Waals surface area contributed by atoms with Crippen LogP contribution in [-0.2, 0) is 14.3 Å². The maximum atomic E-state index is 12.7. The lowest BCUT2D eigenvalue weighted by Crippen LogP contribution is -2.45. The average Bonchev–Trinajstić information content (AvgIpc) is 2.99. The van der Waals surface area contributed by atoms with Gasteiger partial charge in [-0.05, 0) is 12.0 Å². The van der Waals surface area contributed by atoms with Gasteiger partial charge in [0.05, 0.1) is 6.61 Å². The zero-order valence-corrected chi connectivity index (χ0v) is 14.8. The summed E-state index contributed by atoms with van der Waals surface area (Å²) in [6.45, 7) is 6.22. The monoisotopic (exact) mass is 335 g/mol. The number of nitrogens with zero attached hydrogens (tertiary/aromatic N) is 1. The highest BCUT2D eigenvalue weighted by molar-refractivity contribution is 7.99. The summed E-state index contributed by atoms with van der Waals surface area (Å²) >= 11 is 1.63. The largest absolute Gasteiger partial charge is 0.464 e. The number of amides is 1. The van der Waals surface area contributed by atoms with Gasteiger partial charge in [-0.2, -0.15) is 0 Å². The Hall–Kier alpha value is -1.49. The maximum absolute atomic E-state index is 12.7. The number of hydrogen-bond donors (Lipinski definition) is 0. The van der Waals surface area contributed by atoms with E-state index in [-0.39, 0.29) is 23.2 Å². The highest BCUT2D eigenvalue weighted by Crippen LogP contribution is 2.42. The number of hydrogen-bond acceptors (Lipinski definition) is 4. The maximum Gasteiger partial charge on any atom is 0.329 e. The van der Waals surface area contributed by atoms with E-state index < -0.39 is 6.04 Å². The number of carbonyl (C=O) groups excluding carboxylic acids is 2. The van der Waals surface area contributed by atoms with Crippen molar-refractivity contribution < 1.29 is 14.3 Å². The Morgan fingerprint density at radius 2 is 2.00 bits per heavy atom. The lowest BCUT2D eigenvalue weighted by atomic mass is 10.1. The van der Waals surface area contributed by atoms with Crippen LogP contribution in [0.4, 0.5) is 0 Å². The predicted octanol–water partition coefficient (Wildman–Crippen LogP) is 3.63. The Labute approximate surface area is 142 Å². The van der Waals surface area contributed by atoms with Crippen molar-refractivity contribution in [2.75, 3.05) is 12.4 Å². The van der Waals surface area contributed by atoms with Crippen molar-refractivity contribution >= 4 is 23.6 Å². The average molecular weight is 335 g/mol. The van der Waals surface area contributed by atoms with Crippen LogP contribution < -0.4 is 0 Å². The molecule has 1 aromatic carbocycles. The number of unbranched alkanes of at least 4 members (excludes halogenated alkanes) is 1. The fourth-order valence-corrected chi connectivity index (χ4v) is 3.97. The summed E-state index contributed by atoms with van der Waals surface area (Å²) in [4.78, 5) is 26.8. The normalized spacial score (nSPS) is 20.8. The minimum Gasteiger partial charge on any atom is -0.464 e. The molecule has 0 bridgehead atoms. The van der Waals surface area contributed by atoms with Gasteiger partial charge in [-0.15, -0.1) is 11.8 Å². The molecule has 0 N–H and O–H groups in total. The number of ether oxygens (including phenoxy) is 1. The lowest BCUT2D eigenvalue weighted by Gasteiger charge is -2.30. The molecule has 1 heterocycles. The first-order chi connectivity index (χ1) is 11.1. The molecule has 2 atom stereocenters. The van der Waals surface area contributed by atoms with E-state index in [4.69, 9.17) is 4.74 Å². The molecular weight excluding hydrogens is 310 g/mol. The number of thioether (sulfide) groups is 1. The Kier molecular flexibility index (Phi) is 6.51. The Bertz CT molecular complexity index is 532.